The Morgan fingerprint density at radius 3 is 2.81 bits per heavy atom. The average molecular weight is 547 g/mol. The van der Waals surface area contributed by atoms with Gasteiger partial charge in [-0.3, -0.25) is 10.2 Å². The summed E-state index contributed by atoms with van der Waals surface area (Å²) in [4.78, 5) is 13.5. The van der Waals surface area contributed by atoms with Gasteiger partial charge in [-0.05, 0) is 60.4 Å². The van der Waals surface area contributed by atoms with E-state index in [-0.39, 0.29) is 17.8 Å². The van der Waals surface area contributed by atoms with Crippen LogP contribution in [0.5, 0.6) is 0 Å². The van der Waals surface area contributed by atoms with E-state index in [2.05, 4.69) is 5.43 Å². The molecular formula is C26H25Cl2FN4O2S. The molecule has 1 fully saturated rings. The Morgan fingerprint density at radius 1 is 1.25 bits per heavy atom. The number of nitrogens with one attached hydrogen (secondary N) is 1. The fraction of sp³-hybridized carbons (Fsp3) is 0.308. The molecule has 36 heavy (non-hydrogen) atoms. The van der Waals surface area contributed by atoms with Crippen LogP contribution in [0, 0.1) is 5.82 Å². The van der Waals surface area contributed by atoms with E-state index in [4.69, 9.17) is 33.0 Å². The predicted octanol–water partition coefficient (Wildman–Crippen LogP) is 5.86. The second kappa shape index (κ2) is 10.9. The molecule has 3 heterocycles. The van der Waals surface area contributed by atoms with Gasteiger partial charge in [0.25, 0.3) is 5.91 Å². The molecule has 1 aromatic heterocycles. The summed E-state index contributed by atoms with van der Waals surface area (Å²) < 4.78 is 20.5. The summed E-state index contributed by atoms with van der Waals surface area (Å²) in [7, 11) is 1.67. The number of ether oxygens (including phenoxy) is 1. The molecule has 188 valence electrons. The molecule has 2 aliphatic heterocycles. The Hall–Kier alpha value is -2.36. The van der Waals surface area contributed by atoms with Crippen molar-refractivity contribution in [1.82, 2.24) is 20.2 Å². The van der Waals surface area contributed by atoms with Crippen LogP contribution in [0.15, 0.2) is 42.5 Å². The van der Waals surface area contributed by atoms with E-state index < -0.39 is 0 Å². The lowest BCUT2D eigenvalue weighted by atomic mass is 10.0. The van der Waals surface area contributed by atoms with Crippen LogP contribution in [-0.4, -0.2) is 52.8 Å². The summed E-state index contributed by atoms with van der Waals surface area (Å²) in [6.07, 6.45) is 3.95. The number of fused-ring (bicyclic) bond motifs is 1. The number of carbonyl (C=O) groups is 1. The molecule has 2 aromatic carbocycles. The molecule has 0 radical (unpaired) electrons. The van der Waals surface area contributed by atoms with Crippen LogP contribution >= 0.6 is 35.0 Å². The number of halogens is 3. The number of aromatic nitrogens is 2. The van der Waals surface area contributed by atoms with Crippen molar-refractivity contribution in [3.63, 3.8) is 0 Å². The zero-order valence-electron chi connectivity index (χ0n) is 19.6. The van der Waals surface area contributed by atoms with E-state index >= 15 is 0 Å². The third-order valence-electron chi connectivity index (χ3n) is 6.34. The molecule has 1 saturated heterocycles. The second-order valence-corrected chi connectivity index (χ2v) is 10.6. The monoisotopic (exact) mass is 546 g/mol. The summed E-state index contributed by atoms with van der Waals surface area (Å²) >= 11 is 14.4. The van der Waals surface area contributed by atoms with Crippen LogP contribution in [0.2, 0.25) is 10.0 Å². The lowest BCUT2D eigenvalue weighted by molar-refractivity contribution is 0.0606. The first-order valence-electron chi connectivity index (χ1n) is 11.6. The van der Waals surface area contributed by atoms with Gasteiger partial charge < -0.3 is 4.74 Å². The number of hydrogen-bond acceptors (Lipinski definition) is 5. The normalized spacial score (nSPS) is 19.0. The molecule has 5 rings (SSSR count). The van der Waals surface area contributed by atoms with Crippen molar-refractivity contribution in [2.24, 2.45) is 0 Å². The molecule has 0 bridgehead atoms. The van der Waals surface area contributed by atoms with Crippen molar-refractivity contribution >= 4 is 52.5 Å². The summed E-state index contributed by atoms with van der Waals surface area (Å²) in [5.74, 6) is 0.791. The molecule has 0 spiro atoms. The van der Waals surface area contributed by atoms with Crippen LogP contribution < -0.4 is 5.43 Å². The lowest BCUT2D eigenvalue weighted by Crippen LogP contribution is -2.47. The van der Waals surface area contributed by atoms with Gasteiger partial charge in [-0.1, -0.05) is 35.3 Å². The molecule has 1 amide bonds. The topological polar surface area (TPSA) is 59.4 Å². The molecule has 10 heteroatoms. The number of hydrogen-bond donors (Lipinski definition) is 1. The first kappa shape index (κ1) is 25.3. The van der Waals surface area contributed by atoms with Gasteiger partial charge in [0, 0.05) is 35.7 Å². The van der Waals surface area contributed by atoms with Gasteiger partial charge in [0.05, 0.1) is 29.1 Å². The number of amides is 1. The van der Waals surface area contributed by atoms with Gasteiger partial charge in [-0.15, -0.1) is 0 Å². The van der Waals surface area contributed by atoms with Crippen molar-refractivity contribution in [3.8, 4) is 5.69 Å². The summed E-state index contributed by atoms with van der Waals surface area (Å²) in [6.45, 7) is 1.31. The van der Waals surface area contributed by atoms with Gasteiger partial charge in [0.2, 0.25) is 0 Å². The van der Waals surface area contributed by atoms with Crippen molar-refractivity contribution < 1.29 is 13.9 Å². The Morgan fingerprint density at radius 2 is 2.06 bits per heavy atom. The maximum absolute atomic E-state index is 13.5. The van der Waals surface area contributed by atoms with E-state index in [1.165, 1.54) is 12.1 Å². The minimum Gasteiger partial charge on any atom is -0.383 e. The number of methoxy groups -OCH3 is 1. The molecule has 6 nitrogen and oxygen atoms in total. The minimum atomic E-state index is -0.290. The first-order valence-corrected chi connectivity index (χ1v) is 13.5. The number of benzene rings is 2. The quantitative estimate of drug-likeness (QED) is 0.419. The van der Waals surface area contributed by atoms with Crippen LogP contribution in [0.25, 0.3) is 17.3 Å². The van der Waals surface area contributed by atoms with Crippen molar-refractivity contribution in [2.75, 3.05) is 26.0 Å². The number of carbonyl (C=O) groups excluding carboxylic acids is 1. The second-order valence-electron chi connectivity index (χ2n) is 8.78. The first-order chi connectivity index (χ1) is 17.4. The maximum atomic E-state index is 13.5. The molecule has 1 atom stereocenters. The Labute approximate surface area is 223 Å². The molecular weight excluding hydrogens is 522 g/mol. The third kappa shape index (κ3) is 5.19. The fourth-order valence-electron chi connectivity index (χ4n) is 4.66. The minimum absolute atomic E-state index is 0.130. The van der Waals surface area contributed by atoms with Crippen molar-refractivity contribution in [3.05, 3.63) is 80.8 Å². The molecule has 2 aliphatic rings. The van der Waals surface area contributed by atoms with Crippen molar-refractivity contribution in [2.45, 2.75) is 24.6 Å². The SMILES string of the molecule is COC[C@H]1CCCN1NC(=O)c1nn(-c2ccc(Cl)cc2Cl)c2c1CSCC2=Cc1ccc(F)cc1. The van der Waals surface area contributed by atoms with Crippen LogP contribution in [0.3, 0.4) is 0 Å². The zero-order valence-corrected chi connectivity index (χ0v) is 22.0. The predicted molar refractivity (Wildman–Crippen MR) is 143 cm³/mol. The van der Waals surface area contributed by atoms with Gasteiger partial charge in [0.15, 0.2) is 5.69 Å². The lowest BCUT2D eigenvalue weighted by Gasteiger charge is -2.24. The van der Waals surface area contributed by atoms with E-state index in [1.807, 2.05) is 11.1 Å². The molecule has 0 unspecified atom stereocenters. The highest BCUT2D eigenvalue weighted by Gasteiger charge is 2.32. The summed E-state index contributed by atoms with van der Waals surface area (Å²) in [5.41, 5.74) is 7.54. The van der Waals surface area contributed by atoms with Gasteiger partial charge in [-0.25, -0.2) is 14.1 Å². The zero-order chi connectivity index (χ0) is 25.2. The van der Waals surface area contributed by atoms with Crippen LogP contribution in [-0.2, 0) is 10.5 Å². The van der Waals surface area contributed by atoms with Crippen LogP contribution in [0.4, 0.5) is 4.39 Å². The third-order valence-corrected chi connectivity index (χ3v) is 7.88. The molecule has 0 saturated carbocycles. The smallest absolute Gasteiger partial charge is 0.286 e. The van der Waals surface area contributed by atoms with Gasteiger partial charge in [-0.2, -0.15) is 16.9 Å². The average Bonchev–Trinajstić information content (AvgIpc) is 3.46. The summed E-state index contributed by atoms with van der Waals surface area (Å²) in [6, 6.07) is 11.7. The standard InChI is InChI=1S/C26H25Cl2FN4O2S/c1-35-13-20-3-2-10-32(20)31-26(34)24-21-15-36-14-17(11-16-4-7-19(29)8-5-16)25(21)33(30-24)23-9-6-18(27)12-22(23)28/h4-9,11-12,20H,2-3,10,13-15H2,1H3,(H,31,34)/t20-/m1/s1. The number of hydrazine groups is 1. The van der Waals surface area contributed by atoms with E-state index in [0.29, 0.717) is 39.5 Å². The van der Waals surface area contributed by atoms with E-state index in [1.54, 1.807) is 53.9 Å². The maximum Gasteiger partial charge on any atom is 0.286 e. The highest BCUT2D eigenvalue weighted by Crippen LogP contribution is 2.38. The fourth-order valence-corrected chi connectivity index (χ4v) is 6.17. The number of nitrogens with zero attached hydrogens (tertiary/aromatic N) is 3. The molecule has 0 aliphatic carbocycles. The van der Waals surface area contributed by atoms with E-state index in [0.717, 1.165) is 41.8 Å². The Balaban J connectivity index is 1.59. The Kier molecular flexibility index (Phi) is 7.69. The van der Waals surface area contributed by atoms with Crippen molar-refractivity contribution in [1.29, 1.82) is 0 Å². The van der Waals surface area contributed by atoms with Gasteiger partial charge >= 0.3 is 0 Å². The summed E-state index contributed by atoms with van der Waals surface area (Å²) in [5, 5.41) is 7.66. The molecule has 3 aromatic rings. The number of rotatable bonds is 6. The van der Waals surface area contributed by atoms with Crippen LogP contribution in [0.1, 0.15) is 40.2 Å². The highest BCUT2D eigenvalue weighted by molar-refractivity contribution is 7.99. The number of thioether (sulfide) groups is 1. The Bertz CT molecular complexity index is 1310. The highest BCUT2D eigenvalue weighted by atomic mass is 35.5. The van der Waals surface area contributed by atoms with Gasteiger partial charge in [0.1, 0.15) is 5.82 Å². The van der Waals surface area contributed by atoms with E-state index in [9.17, 15) is 9.18 Å². The molecule has 1 N–H and O–H groups in total. The largest absolute Gasteiger partial charge is 0.383 e.